The third-order valence-corrected chi connectivity index (χ3v) is 5.76. The molecule has 0 saturated carbocycles. The van der Waals surface area contributed by atoms with Gasteiger partial charge in [0.25, 0.3) is 0 Å². The minimum absolute atomic E-state index is 0.0976. The number of likely N-dealkylation sites (tertiary alicyclic amines) is 1. The first-order valence-electron chi connectivity index (χ1n) is 11.1. The molecule has 2 amide bonds. The number of rotatable bonds is 5. The molecule has 1 unspecified atom stereocenters. The van der Waals surface area contributed by atoms with Gasteiger partial charge in [-0.15, -0.1) is 5.10 Å². The van der Waals surface area contributed by atoms with Crippen molar-refractivity contribution in [1.29, 1.82) is 0 Å². The van der Waals surface area contributed by atoms with Crippen molar-refractivity contribution in [2.45, 2.75) is 45.6 Å². The van der Waals surface area contributed by atoms with Crippen LogP contribution < -0.4 is 5.73 Å². The lowest BCUT2D eigenvalue weighted by Gasteiger charge is -2.31. The Balaban J connectivity index is 1.70. The summed E-state index contributed by atoms with van der Waals surface area (Å²) >= 11 is 0. The number of tetrazole rings is 1. The molecule has 2 aromatic carbocycles. The van der Waals surface area contributed by atoms with Gasteiger partial charge in [-0.2, -0.15) is 4.68 Å². The highest BCUT2D eigenvalue weighted by molar-refractivity contribution is 5.92. The molecule has 1 fully saturated rings. The molecule has 1 atom stereocenters. The van der Waals surface area contributed by atoms with Gasteiger partial charge in [-0.3, -0.25) is 0 Å². The summed E-state index contributed by atoms with van der Waals surface area (Å²) in [6.45, 7) is 6.92. The van der Waals surface area contributed by atoms with E-state index in [0.717, 1.165) is 23.1 Å². The SMILES string of the molecule is Cc1ccc(-c2cc(C(=O)OC3CCCN(C(N)=O)C3)cc(-n3nnnc3C(C)C)c2)cc1. The number of esters is 1. The molecule has 1 saturated heterocycles. The molecular formula is C24H28N6O3. The van der Waals surface area contributed by atoms with Crippen LogP contribution in [0, 0.1) is 6.92 Å². The highest BCUT2D eigenvalue weighted by atomic mass is 16.5. The molecule has 2 N–H and O–H groups in total. The summed E-state index contributed by atoms with van der Waals surface area (Å²) in [6, 6.07) is 13.1. The molecule has 33 heavy (non-hydrogen) atoms. The number of primary amides is 1. The van der Waals surface area contributed by atoms with E-state index in [1.54, 1.807) is 10.7 Å². The number of piperidine rings is 1. The molecule has 9 heteroatoms. The van der Waals surface area contributed by atoms with Gasteiger partial charge in [-0.25, -0.2) is 9.59 Å². The van der Waals surface area contributed by atoms with Crippen LogP contribution in [0.2, 0.25) is 0 Å². The highest BCUT2D eigenvalue weighted by Crippen LogP contribution is 2.27. The van der Waals surface area contributed by atoms with Gasteiger partial charge < -0.3 is 15.4 Å². The zero-order chi connectivity index (χ0) is 23.5. The summed E-state index contributed by atoms with van der Waals surface area (Å²) in [7, 11) is 0. The molecule has 1 aliphatic rings. The van der Waals surface area contributed by atoms with Crippen LogP contribution >= 0.6 is 0 Å². The minimum Gasteiger partial charge on any atom is -0.457 e. The Hall–Kier alpha value is -3.75. The Labute approximate surface area is 192 Å². The third-order valence-electron chi connectivity index (χ3n) is 5.76. The summed E-state index contributed by atoms with van der Waals surface area (Å²) in [5.41, 5.74) is 9.44. The number of carbonyl (C=O) groups is 2. The van der Waals surface area contributed by atoms with Gasteiger partial charge in [-0.1, -0.05) is 43.7 Å². The Morgan fingerprint density at radius 3 is 2.58 bits per heavy atom. The number of hydrogen-bond acceptors (Lipinski definition) is 6. The topological polar surface area (TPSA) is 116 Å². The van der Waals surface area contributed by atoms with E-state index in [2.05, 4.69) is 15.5 Å². The first-order chi connectivity index (χ1) is 15.8. The molecule has 1 aromatic heterocycles. The zero-order valence-corrected chi connectivity index (χ0v) is 19.1. The first kappa shape index (κ1) is 22.4. The van der Waals surface area contributed by atoms with Crippen molar-refractivity contribution in [3.63, 3.8) is 0 Å². The van der Waals surface area contributed by atoms with E-state index in [9.17, 15) is 9.59 Å². The van der Waals surface area contributed by atoms with Gasteiger partial charge in [0.05, 0.1) is 17.8 Å². The maximum atomic E-state index is 13.1. The normalized spacial score (nSPS) is 16.1. The van der Waals surface area contributed by atoms with Crippen LogP contribution in [-0.2, 0) is 4.74 Å². The minimum atomic E-state index is -0.501. The van der Waals surface area contributed by atoms with Crippen molar-refractivity contribution in [2.75, 3.05) is 13.1 Å². The fourth-order valence-electron chi connectivity index (χ4n) is 3.96. The summed E-state index contributed by atoms with van der Waals surface area (Å²) in [5.74, 6) is 0.334. The van der Waals surface area contributed by atoms with E-state index in [1.165, 1.54) is 4.90 Å². The smallest absolute Gasteiger partial charge is 0.338 e. The van der Waals surface area contributed by atoms with E-state index >= 15 is 0 Å². The molecule has 3 aromatic rings. The number of amides is 2. The largest absolute Gasteiger partial charge is 0.457 e. The summed E-state index contributed by atoms with van der Waals surface area (Å²) < 4.78 is 7.42. The lowest BCUT2D eigenvalue weighted by Crippen LogP contribution is -2.46. The van der Waals surface area contributed by atoms with Crippen LogP contribution in [0.25, 0.3) is 16.8 Å². The molecule has 0 radical (unpaired) electrons. The number of ether oxygens (including phenoxy) is 1. The van der Waals surface area contributed by atoms with Crippen LogP contribution in [-0.4, -0.2) is 56.3 Å². The van der Waals surface area contributed by atoms with E-state index in [-0.39, 0.29) is 5.92 Å². The van der Waals surface area contributed by atoms with Gasteiger partial charge >= 0.3 is 12.0 Å². The Kier molecular flexibility index (Phi) is 6.39. The molecule has 0 spiro atoms. The van der Waals surface area contributed by atoms with E-state index < -0.39 is 18.1 Å². The van der Waals surface area contributed by atoms with Gasteiger partial charge in [-0.05, 0) is 59.5 Å². The predicted octanol–water partition coefficient (Wildman–Crippen LogP) is 3.46. The van der Waals surface area contributed by atoms with Crippen molar-refractivity contribution >= 4 is 12.0 Å². The lowest BCUT2D eigenvalue weighted by molar-refractivity contribution is 0.0128. The van der Waals surface area contributed by atoms with Crippen LogP contribution in [0.1, 0.15) is 54.4 Å². The summed E-state index contributed by atoms with van der Waals surface area (Å²) in [5, 5.41) is 12.1. The van der Waals surface area contributed by atoms with Gasteiger partial charge in [0.2, 0.25) is 0 Å². The lowest BCUT2D eigenvalue weighted by atomic mass is 10.0. The summed E-state index contributed by atoms with van der Waals surface area (Å²) in [4.78, 5) is 26.2. The molecule has 172 valence electrons. The van der Waals surface area contributed by atoms with Crippen LogP contribution in [0.5, 0.6) is 0 Å². The van der Waals surface area contributed by atoms with Crippen molar-refractivity contribution in [3.8, 4) is 16.8 Å². The Morgan fingerprint density at radius 1 is 1.12 bits per heavy atom. The van der Waals surface area contributed by atoms with Crippen LogP contribution in [0.15, 0.2) is 42.5 Å². The second-order valence-corrected chi connectivity index (χ2v) is 8.69. The Bertz CT molecular complexity index is 1160. The molecule has 2 heterocycles. The number of aryl methyl sites for hydroxylation is 1. The summed E-state index contributed by atoms with van der Waals surface area (Å²) in [6.07, 6.45) is 1.02. The van der Waals surface area contributed by atoms with Gasteiger partial charge in [0.15, 0.2) is 5.82 Å². The second kappa shape index (κ2) is 9.40. The maximum Gasteiger partial charge on any atom is 0.338 e. The fraction of sp³-hybridized carbons (Fsp3) is 0.375. The highest BCUT2D eigenvalue weighted by Gasteiger charge is 2.26. The van der Waals surface area contributed by atoms with Crippen LogP contribution in [0.4, 0.5) is 4.79 Å². The van der Waals surface area contributed by atoms with Gasteiger partial charge in [0.1, 0.15) is 6.10 Å². The average molecular weight is 449 g/mol. The van der Waals surface area contributed by atoms with Crippen molar-refractivity contribution < 1.29 is 14.3 Å². The molecule has 0 aliphatic carbocycles. The quantitative estimate of drug-likeness (QED) is 0.598. The first-order valence-corrected chi connectivity index (χ1v) is 11.1. The van der Waals surface area contributed by atoms with Gasteiger partial charge in [0, 0.05) is 12.5 Å². The average Bonchev–Trinajstić information content (AvgIpc) is 3.30. The molecular weight excluding hydrogens is 420 g/mol. The predicted molar refractivity (Wildman–Crippen MR) is 123 cm³/mol. The third kappa shape index (κ3) is 5.02. The molecule has 0 bridgehead atoms. The zero-order valence-electron chi connectivity index (χ0n) is 19.1. The standard InChI is InChI=1S/C24H28N6O3/c1-15(2)22-26-27-28-30(22)20-12-18(17-8-6-16(3)7-9-17)11-19(13-20)23(31)33-21-5-4-10-29(14-21)24(25)32/h6-9,11-13,15,21H,4-5,10,14H2,1-3H3,(H2,25,32). The number of carbonyl (C=O) groups excluding carboxylic acids is 2. The molecule has 4 rings (SSSR count). The number of aromatic nitrogens is 4. The van der Waals surface area contributed by atoms with Crippen LogP contribution in [0.3, 0.4) is 0 Å². The number of nitrogens with zero attached hydrogens (tertiary/aromatic N) is 5. The number of hydrogen-bond donors (Lipinski definition) is 1. The van der Waals surface area contributed by atoms with E-state index in [4.69, 9.17) is 10.5 Å². The monoisotopic (exact) mass is 448 g/mol. The Morgan fingerprint density at radius 2 is 1.88 bits per heavy atom. The number of nitrogens with two attached hydrogens (primary N) is 1. The van der Waals surface area contributed by atoms with Crippen molar-refractivity contribution in [1.82, 2.24) is 25.1 Å². The van der Waals surface area contributed by atoms with E-state index in [0.29, 0.717) is 36.6 Å². The van der Waals surface area contributed by atoms with E-state index in [1.807, 2.05) is 57.2 Å². The number of benzene rings is 2. The molecule has 9 nitrogen and oxygen atoms in total. The molecule has 1 aliphatic heterocycles. The van der Waals surface area contributed by atoms with Crippen molar-refractivity contribution in [2.24, 2.45) is 5.73 Å². The fourth-order valence-corrected chi connectivity index (χ4v) is 3.96. The van der Waals surface area contributed by atoms with Crippen molar-refractivity contribution in [3.05, 3.63) is 59.4 Å². The maximum absolute atomic E-state index is 13.1. The number of urea groups is 1. The second-order valence-electron chi connectivity index (χ2n) is 8.69.